The Hall–Kier alpha value is -0.220. The van der Waals surface area contributed by atoms with Crippen molar-refractivity contribution in [3.63, 3.8) is 0 Å². The van der Waals surface area contributed by atoms with Gasteiger partial charge in [-0.1, -0.05) is 40.5 Å². The first-order valence-corrected chi connectivity index (χ1v) is 12.6. The number of hydrogen-bond donors (Lipinski definition) is 2. The second-order valence-electron chi connectivity index (χ2n) is 8.78. The van der Waals surface area contributed by atoms with Crippen LogP contribution in [0.1, 0.15) is 72.6 Å². The molecule has 158 valence electrons. The lowest BCUT2D eigenvalue weighted by Crippen LogP contribution is -2.29. The Morgan fingerprint density at radius 3 is 1.58 bits per heavy atom. The summed E-state index contributed by atoms with van der Waals surface area (Å²) < 4.78 is 50.0. The maximum Gasteiger partial charge on any atom is 0.209 e. The Morgan fingerprint density at radius 1 is 0.692 bits per heavy atom. The van der Waals surface area contributed by atoms with Crippen molar-refractivity contribution in [2.24, 2.45) is 21.1 Å². The quantitative estimate of drug-likeness (QED) is 0.397. The van der Waals surface area contributed by atoms with Gasteiger partial charge < -0.3 is 4.74 Å². The minimum atomic E-state index is -3.44. The zero-order valence-electron chi connectivity index (χ0n) is 16.8. The summed E-state index contributed by atoms with van der Waals surface area (Å²) in [7, 11) is -6.83. The van der Waals surface area contributed by atoms with E-state index in [9.17, 15) is 16.8 Å². The third-order valence-electron chi connectivity index (χ3n) is 4.44. The monoisotopic (exact) mass is 414 g/mol. The molecule has 0 amide bonds. The van der Waals surface area contributed by atoms with Crippen LogP contribution in [0.15, 0.2) is 0 Å². The molecule has 0 saturated heterocycles. The number of nitrogens with two attached hydrogens (primary N) is 2. The average Bonchev–Trinajstić information content (AvgIpc) is 2.40. The number of rotatable bonds is 15. The van der Waals surface area contributed by atoms with E-state index in [1.165, 1.54) is 0 Å². The number of primary sulfonamides is 2. The van der Waals surface area contributed by atoms with Gasteiger partial charge in [0, 0.05) is 13.2 Å². The van der Waals surface area contributed by atoms with Gasteiger partial charge in [-0.05, 0) is 42.9 Å². The second kappa shape index (κ2) is 10.9. The maximum absolute atomic E-state index is 11.2. The number of sulfonamides is 2. The molecule has 0 fully saturated rings. The SMILES string of the molecule is CC(C)(CCCCOCCCCC(C)(C)CS(N)(=O)=O)CCS(N)(=O)=O. The van der Waals surface area contributed by atoms with Gasteiger partial charge in [0.05, 0.1) is 11.5 Å². The van der Waals surface area contributed by atoms with E-state index in [2.05, 4.69) is 13.8 Å². The normalized spacial score (nSPS) is 13.9. The Morgan fingerprint density at radius 2 is 1.15 bits per heavy atom. The van der Waals surface area contributed by atoms with Crippen molar-refractivity contribution in [2.75, 3.05) is 24.7 Å². The summed E-state index contributed by atoms with van der Waals surface area (Å²) in [6.45, 7) is 9.29. The first-order chi connectivity index (χ1) is 11.6. The highest BCUT2D eigenvalue weighted by Gasteiger charge is 2.23. The van der Waals surface area contributed by atoms with Gasteiger partial charge in [-0.25, -0.2) is 27.1 Å². The summed E-state index contributed by atoms with van der Waals surface area (Å²) in [6.07, 6.45) is 6.03. The fraction of sp³-hybridized carbons (Fsp3) is 1.00. The predicted molar refractivity (Wildman–Crippen MR) is 107 cm³/mol. The van der Waals surface area contributed by atoms with Crippen LogP contribution >= 0.6 is 0 Å². The van der Waals surface area contributed by atoms with Crippen LogP contribution in [-0.4, -0.2) is 41.6 Å². The number of ether oxygens (including phenoxy) is 1. The molecule has 9 heteroatoms. The molecule has 0 aromatic rings. The predicted octanol–water partition coefficient (Wildman–Crippen LogP) is 2.36. The van der Waals surface area contributed by atoms with E-state index in [4.69, 9.17) is 15.0 Å². The van der Waals surface area contributed by atoms with Gasteiger partial charge >= 0.3 is 0 Å². The summed E-state index contributed by atoms with van der Waals surface area (Å²) >= 11 is 0. The lowest BCUT2D eigenvalue weighted by molar-refractivity contribution is 0.121. The third kappa shape index (κ3) is 17.2. The average molecular weight is 415 g/mol. The zero-order chi connectivity index (χ0) is 20.5. The molecule has 0 aliphatic carbocycles. The molecule has 0 atom stereocenters. The highest BCUT2D eigenvalue weighted by molar-refractivity contribution is 7.89. The Labute approximate surface area is 160 Å². The van der Waals surface area contributed by atoms with E-state index < -0.39 is 20.0 Å². The molecular weight excluding hydrogens is 376 g/mol. The molecule has 0 heterocycles. The molecule has 0 aromatic carbocycles. The third-order valence-corrected chi connectivity index (χ3v) is 6.40. The van der Waals surface area contributed by atoms with E-state index in [0.29, 0.717) is 19.6 Å². The molecule has 0 spiro atoms. The Balaban J connectivity index is 3.70. The fourth-order valence-corrected chi connectivity index (χ4v) is 4.95. The lowest BCUT2D eigenvalue weighted by Gasteiger charge is -2.24. The molecule has 0 saturated carbocycles. The molecule has 7 nitrogen and oxygen atoms in total. The number of unbranched alkanes of at least 4 members (excludes halogenated alkanes) is 2. The highest BCUT2D eigenvalue weighted by Crippen LogP contribution is 2.28. The molecule has 0 aliphatic rings. The van der Waals surface area contributed by atoms with Gasteiger partial charge in [0.25, 0.3) is 0 Å². The Bertz CT molecular complexity index is 599. The topological polar surface area (TPSA) is 130 Å². The van der Waals surface area contributed by atoms with Crippen LogP contribution in [0.2, 0.25) is 0 Å². The highest BCUT2D eigenvalue weighted by atomic mass is 32.2. The van der Waals surface area contributed by atoms with Crippen molar-refractivity contribution in [1.29, 1.82) is 0 Å². The van der Waals surface area contributed by atoms with Crippen molar-refractivity contribution < 1.29 is 21.6 Å². The van der Waals surface area contributed by atoms with Crippen LogP contribution < -0.4 is 10.3 Å². The van der Waals surface area contributed by atoms with Crippen molar-refractivity contribution in [2.45, 2.75) is 72.6 Å². The minimum absolute atomic E-state index is 0.00208. The van der Waals surface area contributed by atoms with Crippen molar-refractivity contribution >= 4 is 20.0 Å². The summed E-state index contributed by atoms with van der Waals surface area (Å²) in [6, 6.07) is 0. The molecule has 0 aromatic heterocycles. The van der Waals surface area contributed by atoms with E-state index in [1.807, 2.05) is 13.8 Å². The molecule has 0 radical (unpaired) electrons. The molecule has 0 aliphatic heterocycles. The first kappa shape index (κ1) is 25.8. The van der Waals surface area contributed by atoms with Gasteiger partial charge in [-0.15, -0.1) is 0 Å². The smallest absolute Gasteiger partial charge is 0.209 e. The summed E-state index contributed by atoms with van der Waals surface area (Å²) in [5.41, 5.74) is -0.350. The van der Waals surface area contributed by atoms with Crippen LogP contribution in [0.5, 0.6) is 0 Å². The van der Waals surface area contributed by atoms with Crippen LogP contribution in [0.4, 0.5) is 0 Å². The second-order valence-corrected chi connectivity index (χ2v) is 12.1. The zero-order valence-corrected chi connectivity index (χ0v) is 18.4. The lowest BCUT2D eigenvalue weighted by atomic mass is 9.85. The molecule has 26 heavy (non-hydrogen) atoms. The van der Waals surface area contributed by atoms with Gasteiger partial charge in [0.15, 0.2) is 0 Å². The molecule has 4 N–H and O–H groups in total. The van der Waals surface area contributed by atoms with Crippen molar-refractivity contribution in [3.05, 3.63) is 0 Å². The minimum Gasteiger partial charge on any atom is -0.381 e. The van der Waals surface area contributed by atoms with E-state index in [1.54, 1.807) is 0 Å². The summed E-state index contributed by atoms with van der Waals surface area (Å²) in [5, 5.41) is 10.2. The molecule has 0 bridgehead atoms. The molecule has 0 unspecified atom stereocenters. The standard InChI is InChI=1S/C17H38N2O5S2/c1-16(2,11-14-25(18,20)21)9-5-7-12-24-13-8-6-10-17(3,4)15-26(19,22)23/h5-15H2,1-4H3,(H2,18,20,21)(H2,19,22,23). The van der Waals surface area contributed by atoms with Gasteiger partial charge in [-0.2, -0.15) is 0 Å². The maximum atomic E-state index is 11.2. The van der Waals surface area contributed by atoms with Gasteiger partial charge in [0.1, 0.15) is 0 Å². The Kier molecular flexibility index (Phi) is 10.9. The summed E-state index contributed by atoms with van der Waals surface area (Å²) in [5.74, 6) is 0.0282. The van der Waals surface area contributed by atoms with Crippen molar-refractivity contribution in [1.82, 2.24) is 0 Å². The molecular formula is C17H38N2O5S2. The van der Waals surface area contributed by atoms with Gasteiger partial charge in [0.2, 0.25) is 20.0 Å². The number of hydrogen-bond acceptors (Lipinski definition) is 5. The fourth-order valence-electron chi connectivity index (χ4n) is 2.88. The van der Waals surface area contributed by atoms with Crippen LogP contribution in [0, 0.1) is 10.8 Å². The van der Waals surface area contributed by atoms with Crippen molar-refractivity contribution in [3.8, 4) is 0 Å². The first-order valence-electron chi connectivity index (χ1n) is 9.21. The van der Waals surface area contributed by atoms with E-state index in [-0.39, 0.29) is 22.3 Å². The van der Waals surface area contributed by atoms with Crippen LogP contribution in [0.3, 0.4) is 0 Å². The van der Waals surface area contributed by atoms with Crippen LogP contribution in [-0.2, 0) is 24.8 Å². The largest absolute Gasteiger partial charge is 0.381 e. The van der Waals surface area contributed by atoms with E-state index in [0.717, 1.165) is 38.5 Å². The molecule has 0 rings (SSSR count). The van der Waals surface area contributed by atoms with E-state index >= 15 is 0 Å². The summed E-state index contributed by atoms with van der Waals surface area (Å²) in [4.78, 5) is 0. The van der Waals surface area contributed by atoms with Gasteiger partial charge in [-0.3, -0.25) is 0 Å². The van der Waals surface area contributed by atoms with Crippen LogP contribution in [0.25, 0.3) is 0 Å².